The van der Waals surface area contributed by atoms with Crippen molar-refractivity contribution in [3.05, 3.63) is 193 Å². The highest BCUT2D eigenvalue weighted by Gasteiger charge is 2.22. The quantitative estimate of drug-likeness (QED) is 0.157. The number of nitrogens with zero attached hydrogens (tertiary/aromatic N) is 3. The van der Waals surface area contributed by atoms with Gasteiger partial charge in [-0.15, -0.1) is 0 Å². The zero-order valence-electron chi connectivity index (χ0n) is 39.5. The topological polar surface area (TPSA) is 42.3 Å². The van der Waals surface area contributed by atoms with E-state index < -0.39 is 0 Å². The molecular weight excluding hydrogens is 793 g/mol. The van der Waals surface area contributed by atoms with E-state index in [0.717, 1.165) is 56.5 Å². The van der Waals surface area contributed by atoms with Crippen LogP contribution in [0.25, 0.3) is 49.9 Å². The number of aromatic nitrogens is 2. The SMILES string of the molecule is CN(c1cccc(Oc2ccc3c4cc(-c5ccccc5)ccc4n(-c4cc(C(C)(C)C)ccn4)c3c2)c1)c1ccc(C(C)(C)C)cc1Nc1cc(-c2ccccc2)cc(C(C)(C)C)c1. The van der Waals surface area contributed by atoms with Gasteiger partial charge in [0.1, 0.15) is 17.3 Å². The van der Waals surface area contributed by atoms with Gasteiger partial charge in [-0.3, -0.25) is 4.57 Å². The fraction of sp³-hybridized carbons (Fsp3) is 0.217. The molecule has 5 heteroatoms. The summed E-state index contributed by atoms with van der Waals surface area (Å²) in [5.74, 6) is 2.39. The summed E-state index contributed by atoms with van der Waals surface area (Å²) in [7, 11) is 2.13. The van der Waals surface area contributed by atoms with Crippen LogP contribution in [-0.4, -0.2) is 16.6 Å². The van der Waals surface area contributed by atoms with Crippen molar-refractivity contribution in [2.24, 2.45) is 0 Å². The summed E-state index contributed by atoms with van der Waals surface area (Å²) in [6, 6.07) is 60.8. The molecule has 0 atom stereocenters. The molecule has 2 aromatic heterocycles. The Bertz CT molecular complexity index is 3160. The minimum atomic E-state index is -0.0355. The summed E-state index contributed by atoms with van der Waals surface area (Å²) in [4.78, 5) is 7.19. The van der Waals surface area contributed by atoms with E-state index in [1.165, 1.54) is 44.3 Å². The van der Waals surface area contributed by atoms with Gasteiger partial charge in [0.2, 0.25) is 0 Å². The third-order valence-corrected chi connectivity index (χ3v) is 12.5. The molecule has 7 aromatic carbocycles. The molecule has 0 aliphatic heterocycles. The maximum absolute atomic E-state index is 6.78. The Morgan fingerprint density at radius 1 is 0.477 bits per heavy atom. The molecule has 0 fully saturated rings. The molecule has 326 valence electrons. The number of ether oxygens (including phenoxy) is 1. The fourth-order valence-corrected chi connectivity index (χ4v) is 8.64. The zero-order chi connectivity index (χ0) is 45.7. The number of nitrogens with one attached hydrogen (secondary N) is 1. The predicted octanol–water partition coefficient (Wildman–Crippen LogP) is 16.7. The number of anilines is 4. The van der Waals surface area contributed by atoms with E-state index in [1.807, 2.05) is 12.3 Å². The average Bonchev–Trinajstić information content (AvgIpc) is 3.61. The van der Waals surface area contributed by atoms with E-state index in [4.69, 9.17) is 9.72 Å². The number of hydrogen-bond acceptors (Lipinski definition) is 4. The molecule has 0 saturated heterocycles. The molecule has 0 spiro atoms. The lowest BCUT2D eigenvalue weighted by Crippen LogP contribution is -2.15. The Morgan fingerprint density at radius 3 is 1.83 bits per heavy atom. The van der Waals surface area contributed by atoms with Gasteiger partial charge in [-0.05, 0) is 128 Å². The smallest absolute Gasteiger partial charge is 0.137 e. The molecule has 0 bridgehead atoms. The largest absolute Gasteiger partial charge is 0.457 e. The van der Waals surface area contributed by atoms with Gasteiger partial charge in [0.15, 0.2) is 0 Å². The van der Waals surface area contributed by atoms with E-state index in [2.05, 4.69) is 248 Å². The summed E-state index contributed by atoms with van der Waals surface area (Å²) >= 11 is 0. The molecular formula is C60H60N4O. The first kappa shape index (κ1) is 43.2. The van der Waals surface area contributed by atoms with E-state index in [0.29, 0.717) is 0 Å². The van der Waals surface area contributed by atoms with Crippen LogP contribution in [0.4, 0.5) is 22.7 Å². The first-order chi connectivity index (χ1) is 31.0. The highest BCUT2D eigenvalue weighted by molar-refractivity contribution is 6.10. The monoisotopic (exact) mass is 852 g/mol. The number of pyridine rings is 1. The number of benzene rings is 7. The van der Waals surface area contributed by atoms with Gasteiger partial charge >= 0.3 is 0 Å². The summed E-state index contributed by atoms with van der Waals surface area (Å²) in [6.07, 6.45) is 1.93. The molecule has 0 amide bonds. The minimum absolute atomic E-state index is 0.0297. The Hall–Kier alpha value is -7.11. The van der Waals surface area contributed by atoms with Crippen molar-refractivity contribution in [2.75, 3.05) is 17.3 Å². The van der Waals surface area contributed by atoms with Crippen LogP contribution in [0.15, 0.2) is 176 Å². The van der Waals surface area contributed by atoms with Crippen LogP contribution in [0.1, 0.15) is 79.0 Å². The fourth-order valence-electron chi connectivity index (χ4n) is 8.64. The van der Waals surface area contributed by atoms with Gasteiger partial charge in [-0.1, -0.05) is 147 Å². The van der Waals surface area contributed by atoms with Gasteiger partial charge in [0.05, 0.1) is 22.4 Å². The summed E-state index contributed by atoms with van der Waals surface area (Å²) in [5, 5.41) is 6.22. The molecule has 9 rings (SSSR count). The van der Waals surface area contributed by atoms with E-state index in [9.17, 15) is 0 Å². The maximum Gasteiger partial charge on any atom is 0.137 e. The summed E-state index contributed by atoms with van der Waals surface area (Å²) in [5.41, 5.74) is 14.7. The van der Waals surface area contributed by atoms with Gasteiger partial charge < -0.3 is 15.0 Å². The minimum Gasteiger partial charge on any atom is -0.457 e. The molecule has 0 aliphatic carbocycles. The molecule has 9 aromatic rings. The van der Waals surface area contributed by atoms with Crippen molar-refractivity contribution >= 4 is 44.6 Å². The van der Waals surface area contributed by atoms with Crippen LogP contribution in [-0.2, 0) is 16.2 Å². The normalized spacial score (nSPS) is 12.2. The third-order valence-electron chi connectivity index (χ3n) is 12.5. The third kappa shape index (κ3) is 9.01. The summed E-state index contributed by atoms with van der Waals surface area (Å²) in [6.45, 7) is 20.4. The van der Waals surface area contributed by atoms with E-state index in [-0.39, 0.29) is 16.2 Å². The molecule has 1 N–H and O–H groups in total. The number of hydrogen-bond donors (Lipinski definition) is 1. The van der Waals surface area contributed by atoms with Crippen molar-refractivity contribution in [1.29, 1.82) is 0 Å². The Kier molecular flexibility index (Phi) is 11.1. The highest BCUT2D eigenvalue weighted by atomic mass is 16.5. The maximum atomic E-state index is 6.78. The van der Waals surface area contributed by atoms with Crippen LogP contribution in [0.5, 0.6) is 11.5 Å². The Labute approximate surface area is 385 Å². The van der Waals surface area contributed by atoms with Crippen LogP contribution in [0.2, 0.25) is 0 Å². The standard InChI is InChI=1S/C60H60N4O/c1-58(2,3)44-25-29-55(53(36-44)62-47-33-43(41-20-15-12-16-21-41)32-46(35-47)60(7,8)9)63(10)48-22-17-23-49(38-48)65-50-26-27-51-52-34-42(40-18-13-11-14-19-40)24-28-54(52)64(56(51)39-50)57-37-45(30-31-61-57)59(4,5)6/h11-39,62H,1-10H3. The molecule has 5 nitrogen and oxygen atoms in total. The highest BCUT2D eigenvalue weighted by Crippen LogP contribution is 2.41. The van der Waals surface area contributed by atoms with Crippen LogP contribution < -0.4 is 15.0 Å². The van der Waals surface area contributed by atoms with Crippen molar-refractivity contribution in [2.45, 2.75) is 78.6 Å². The summed E-state index contributed by atoms with van der Waals surface area (Å²) < 4.78 is 9.06. The van der Waals surface area contributed by atoms with Gasteiger partial charge in [0, 0.05) is 47.5 Å². The average molecular weight is 853 g/mol. The van der Waals surface area contributed by atoms with Crippen molar-refractivity contribution < 1.29 is 4.74 Å². The second-order valence-corrected chi connectivity index (χ2v) is 20.4. The van der Waals surface area contributed by atoms with Gasteiger partial charge in [0.25, 0.3) is 0 Å². The van der Waals surface area contributed by atoms with Crippen LogP contribution in [0.3, 0.4) is 0 Å². The predicted molar refractivity (Wildman–Crippen MR) is 276 cm³/mol. The van der Waals surface area contributed by atoms with Gasteiger partial charge in [-0.2, -0.15) is 0 Å². The van der Waals surface area contributed by atoms with E-state index >= 15 is 0 Å². The van der Waals surface area contributed by atoms with Crippen molar-refractivity contribution in [3.63, 3.8) is 0 Å². The Morgan fingerprint density at radius 2 is 1.14 bits per heavy atom. The second-order valence-electron chi connectivity index (χ2n) is 20.4. The van der Waals surface area contributed by atoms with Crippen molar-refractivity contribution in [1.82, 2.24) is 9.55 Å². The molecule has 0 unspecified atom stereocenters. The van der Waals surface area contributed by atoms with Gasteiger partial charge in [-0.25, -0.2) is 4.98 Å². The van der Waals surface area contributed by atoms with Crippen LogP contribution in [0, 0.1) is 0 Å². The number of rotatable bonds is 9. The van der Waals surface area contributed by atoms with Crippen molar-refractivity contribution in [3.8, 4) is 39.6 Å². The zero-order valence-corrected chi connectivity index (χ0v) is 39.5. The lowest BCUT2D eigenvalue weighted by atomic mass is 9.84. The van der Waals surface area contributed by atoms with Crippen LogP contribution >= 0.6 is 0 Å². The molecule has 2 heterocycles. The molecule has 0 aliphatic rings. The second kappa shape index (κ2) is 16.8. The number of fused-ring (bicyclic) bond motifs is 3. The molecule has 0 saturated carbocycles. The van der Waals surface area contributed by atoms with E-state index in [1.54, 1.807) is 0 Å². The lowest BCUT2D eigenvalue weighted by Gasteiger charge is -2.28. The molecule has 65 heavy (non-hydrogen) atoms. The first-order valence-electron chi connectivity index (χ1n) is 22.7. The first-order valence-corrected chi connectivity index (χ1v) is 22.7. The molecule has 0 radical (unpaired) electrons. The lowest BCUT2D eigenvalue weighted by molar-refractivity contribution is 0.483. The Balaban J connectivity index is 1.09.